The van der Waals surface area contributed by atoms with E-state index in [0.717, 1.165) is 6.54 Å². The summed E-state index contributed by atoms with van der Waals surface area (Å²) in [5.41, 5.74) is 0. The first kappa shape index (κ1) is 16.8. The van der Waals surface area contributed by atoms with Crippen LogP contribution >= 0.6 is 0 Å². The van der Waals surface area contributed by atoms with Gasteiger partial charge >= 0.3 is 0 Å². The van der Waals surface area contributed by atoms with E-state index in [4.69, 9.17) is 4.74 Å². The van der Waals surface area contributed by atoms with Crippen molar-refractivity contribution in [1.82, 2.24) is 10.2 Å². The Labute approximate surface area is 105 Å². The van der Waals surface area contributed by atoms with Gasteiger partial charge in [0.15, 0.2) is 0 Å². The van der Waals surface area contributed by atoms with E-state index in [1.165, 1.54) is 6.26 Å². The Morgan fingerprint density at radius 1 is 1.35 bits per heavy atom. The maximum Gasteiger partial charge on any atom is 0.148 e. The summed E-state index contributed by atoms with van der Waals surface area (Å²) in [7, 11) is 0.685. The second-order valence-electron chi connectivity index (χ2n) is 4.78. The van der Waals surface area contributed by atoms with Crippen LogP contribution in [0.15, 0.2) is 0 Å². The highest BCUT2D eigenvalue weighted by Gasteiger charge is 2.16. The van der Waals surface area contributed by atoms with Crippen molar-refractivity contribution < 1.29 is 13.2 Å². The van der Waals surface area contributed by atoms with Gasteiger partial charge in [0, 0.05) is 38.5 Å². The van der Waals surface area contributed by atoms with Gasteiger partial charge in [-0.2, -0.15) is 0 Å². The smallest absolute Gasteiger partial charge is 0.148 e. The molecule has 0 aliphatic heterocycles. The zero-order valence-corrected chi connectivity index (χ0v) is 12.4. The van der Waals surface area contributed by atoms with E-state index in [0.29, 0.717) is 19.2 Å². The van der Waals surface area contributed by atoms with Crippen LogP contribution in [0.25, 0.3) is 0 Å². The molecule has 0 aromatic carbocycles. The second kappa shape index (κ2) is 8.02. The average Bonchev–Trinajstić information content (AvgIpc) is 2.19. The van der Waals surface area contributed by atoms with E-state index in [-0.39, 0.29) is 11.8 Å². The van der Waals surface area contributed by atoms with Crippen molar-refractivity contribution in [2.75, 3.05) is 45.9 Å². The number of hydrogen-bond donors (Lipinski definition) is 1. The summed E-state index contributed by atoms with van der Waals surface area (Å²) in [4.78, 5) is 2.03. The highest BCUT2D eigenvalue weighted by molar-refractivity contribution is 7.90. The quantitative estimate of drug-likeness (QED) is 0.635. The van der Waals surface area contributed by atoms with Crippen LogP contribution in [-0.2, 0) is 14.6 Å². The van der Waals surface area contributed by atoms with E-state index in [1.807, 2.05) is 11.9 Å². The van der Waals surface area contributed by atoms with Gasteiger partial charge in [0.2, 0.25) is 0 Å². The standard InChI is InChI=1S/C11H26N2O3S/c1-10(2)12-8-11(9-16-4)13(3)6-7-17(5,14)15/h10-12H,6-9H2,1-5H3. The Morgan fingerprint density at radius 2 is 1.94 bits per heavy atom. The number of likely N-dealkylation sites (N-methyl/N-ethyl adjacent to an activating group) is 1. The summed E-state index contributed by atoms with van der Waals surface area (Å²) in [6.07, 6.45) is 1.26. The topological polar surface area (TPSA) is 58.6 Å². The summed E-state index contributed by atoms with van der Waals surface area (Å²) in [6.45, 7) is 6.10. The highest BCUT2D eigenvalue weighted by Crippen LogP contribution is 1.98. The van der Waals surface area contributed by atoms with E-state index in [1.54, 1.807) is 7.11 Å². The first-order chi connectivity index (χ1) is 7.76. The third-order valence-corrected chi connectivity index (χ3v) is 3.48. The third kappa shape index (κ3) is 9.52. The second-order valence-corrected chi connectivity index (χ2v) is 7.04. The normalized spacial score (nSPS) is 14.5. The van der Waals surface area contributed by atoms with Crippen molar-refractivity contribution in [2.24, 2.45) is 0 Å². The largest absolute Gasteiger partial charge is 0.383 e. The van der Waals surface area contributed by atoms with E-state index < -0.39 is 9.84 Å². The predicted octanol–water partition coefficient (Wildman–Crippen LogP) is -0.0242. The van der Waals surface area contributed by atoms with E-state index in [9.17, 15) is 8.42 Å². The van der Waals surface area contributed by atoms with Gasteiger partial charge in [0.05, 0.1) is 12.4 Å². The molecule has 17 heavy (non-hydrogen) atoms. The van der Waals surface area contributed by atoms with Crippen LogP contribution in [0.4, 0.5) is 0 Å². The average molecular weight is 266 g/mol. The lowest BCUT2D eigenvalue weighted by molar-refractivity contribution is 0.107. The molecule has 5 nitrogen and oxygen atoms in total. The van der Waals surface area contributed by atoms with Gasteiger partial charge in [-0.05, 0) is 7.05 Å². The molecule has 0 rings (SSSR count). The van der Waals surface area contributed by atoms with E-state index >= 15 is 0 Å². The van der Waals surface area contributed by atoms with Gasteiger partial charge in [0.25, 0.3) is 0 Å². The molecule has 0 aromatic heterocycles. The lowest BCUT2D eigenvalue weighted by atomic mass is 10.2. The summed E-state index contributed by atoms with van der Waals surface area (Å²) in [6, 6.07) is 0.613. The lowest BCUT2D eigenvalue weighted by Gasteiger charge is -2.28. The number of sulfone groups is 1. The minimum absolute atomic E-state index is 0.186. The van der Waals surface area contributed by atoms with Crippen molar-refractivity contribution in [3.05, 3.63) is 0 Å². The molecular weight excluding hydrogens is 240 g/mol. The molecule has 0 aromatic rings. The molecule has 1 atom stereocenters. The highest BCUT2D eigenvalue weighted by atomic mass is 32.2. The first-order valence-corrected chi connectivity index (χ1v) is 7.92. The fourth-order valence-corrected chi connectivity index (χ4v) is 2.02. The molecular formula is C11H26N2O3S. The molecule has 0 aliphatic rings. The molecule has 0 radical (unpaired) electrons. The van der Waals surface area contributed by atoms with Crippen LogP contribution < -0.4 is 5.32 Å². The Kier molecular flexibility index (Phi) is 7.94. The molecule has 1 N–H and O–H groups in total. The Bertz CT molecular complexity index is 291. The summed E-state index contributed by atoms with van der Waals surface area (Å²) >= 11 is 0. The van der Waals surface area contributed by atoms with Crippen LogP contribution in [0.2, 0.25) is 0 Å². The van der Waals surface area contributed by atoms with E-state index in [2.05, 4.69) is 19.2 Å². The lowest BCUT2D eigenvalue weighted by Crippen LogP contribution is -2.46. The zero-order valence-electron chi connectivity index (χ0n) is 11.6. The summed E-state index contributed by atoms with van der Waals surface area (Å²) < 4.78 is 27.4. The number of nitrogens with zero attached hydrogens (tertiary/aromatic N) is 1. The monoisotopic (exact) mass is 266 g/mol. The van der Waals surface area contributed by atoms with Crippen LogP contribution in [0, 0.1) is 0 Å². The molecule has 0 amide bonds. The molecule has 0 heterocycles. The summed E-state index contributed by atoms with van der Waals surface area (Å²) in [5.74, 6) is 0.186. The minimum Gasteiger partial charge on any atom is -0.383 e. The van der Waals surface area contributed by atoms with Gasteiger partial charge in [0.1, 0.15) is 9.84 Å². The van der Waals surface area contributed by atoms with Gasteiger partial charge in [-0.1, -0.05) is 13.8 Å². The maximum absolute atomic E-state index is 11.1. The van der Waals surface area contributed by atoms with Gasteiger partial charge in [-0.25, -0.2) is 8.42 Å². The van der Waals surface area contributed by atoms with Crippen molar-refractivity contribution in [1.29, 1.82) is 0 Å². The fraction of sp³-hybridized carbons (Fsp3) is 1.00. The van der Waals surface area contributed by atoms with Crippen LogP contribution in [0.1, 0.15) is 13.8 Å². The molecule has 6 heteroatoms. The maximum atomic E-state index is 11.1. The molecule has 0 fully saturated rings. The van der Waals surface area contributed by atoms with Gasteiger partial charge < -0.3 is 10.1 Å². The van der Waals surface area contributed by atoms with Crippen LogP contribution in [0.3, 0.4) is 0 Å². The Morgan fingerprint density at radius 3 is 2.35 bits per heavy atom. The third-order valence-electron chi connectivity index (χ3n) is 2.56. The minimum atomic E-state index is -2.90. The van der Waals surface area contributed by atoms with Crippen molar-refractivity contribution in [2.45, 2.75) is 25.9 Å². The van der Waals surface area contributed by atoms with Crippen molar-refractivity contribution >= 4 is 9.84 Å². The fourth-order valence-electron chi connectivity index (χ4n) is 1.40. The number of nitrogens with one attached hydrogen (secondary N) is 1. The number of methoxy groups -OCH3 is 1. The summed E-state index contributed by atoms with van der Waals surface area (Å²) in [5, 5.41) is 3.34. The van der Waals surface area contributed by atoms with Crippen LogP contribution in [-0.4, -0.2) is 71.3 Å². The molecule has 0 spiro atoms. The Hall–Kier alpha value is -0.170. The number of ether oxygens (including phenoxy) is 1. The molecule has 0 saturated carbocycles. The predicted molar refractivity (Wildman–Crippen MR) is 71.1 cm³/mol. The van der Waals surface area contributed by atoms with Crippen molar-refractivity contribution in [3.8, 4) is 0 Å². The Balaban J connectivity index is 4.18. The zero-order chi connectivity index (χ0) is 13.5. The molecule has 1 unspecified atom stereocenters. The number of rotatable bonds is 9. The van der Waals surface area contributed by atoms with Gasteiger partial charge in [-0.3, -0.25) is 4.90 Å². The molecule has 0 aliphatic carbocycles. The van der Waals surface area contributed by atoms with Crippen molar-refractivity contribution in [3.63, 3.8) is 0 Å². The molecule has 0 saturated heterocycles. The van der Waals surface area contributed by atoms with Gasteiger partial charge in [-0.15, -0.1) is 0 Å². The van der Waals surface area contributed by atoms with Crippen LogP contribution in [0.5, 0.6) is 0 Å². The first-order valence-electron chi connectivity index (χ1n) is 5.86. The number of hydrogen-bond acceptors (Lipinski definition) is 5. The molecule has 0 bridgehead atoms. The SMILES string of the molecule is COCC(CNC(C)C)N(C)CCS(C)(=O)=O. The molecule has 104 valence electrons.